The number of carbonyl (C=O) groups excluding carboxylic acids is 1. The Hall–Kier alpha value is -3.06. The molecule has 1 aliphatic heterocycles. The van der Waals surface area contributed by atoms with Crippen LogP contribution in [0.15, 0.2) is 48.8 Å². The van der Waals surface area contributed by atoms with Gasteiger partial charge < -0.3 is 19.4 Å². The molecule has 28 heavy (non-hydrogen) atoms. The summed E-state index contributed by atoms with van der Waals surface area (Å²) < 4.78 is 10.7. The van der Waals surface area contributed by atoms with Crippen LogP contribution < -0.4 is 9.80 Å². The molecular formula is C21H24N4O3. The molecule has 0 spiro atoms. The number of aromatic nitrogens is 2. The van der Waals surface area contributed by atoms with Gasteiger partial charge in [0.05, 0.1) is 43.7 Å². The first-order valence-corrected chi connectivity index (χ1v) is 9.53. The summed E-state index contributed by atoms with van der Waals surface area (Å²) in [5.41, 5.74) is 4.71. The standard InChI is InChI=1S/C21H24N4O3/c1-2-28-21(26)25(18-6-7-19-20(13-18)23-15-22-19)14-16-4-3-5-17(12-16)24-8-10-27-11-9-24/h3-7,12-13,15H,2,8-11,14H2,1H3,(H,22,23). The topological polar surface area (TPSA) is 70.7 Å². The number of imidazole rings is 1. The second-order valence-corrected chi connectivity index (χ2v) is 6.66. The molecule has 1 fully saturated rings. The number of nitrogens with zero attached hydrogens (tertiary/aromatic N) is 3. The van der Waals surface area contributed by atoms with E-state index in [1.54, 1.807) is 11.2 Å². The van der Waals surface area contributed by atoms with Crippen molar-refractivity contribution in [3.05, 3.63) is 54.4 Å². The highest BCUT2D eigenvalue weighted by molar-refractivity contribution is 5.90. The molecule has 1 saturated heterocycles. The normalized spacial score (nSPS) is 14.2. The van der Waals surface area contributed by atoms with Crippen molar-refractivity contribution >= 4 is 28.5 Å². The first kappa shape index (κ1) is 18.3. The lowest BCUT2D eigenvalue weighted by molar-refractivity contribution is 0.122. The van der Waals surface area contributed by atoms with Crippen molar-refractivity contribution in [2.75, 3.05) is 42.7 Å². The number of aromatic amines is 1. The highest BCUT2D eigenvalue weighted by Gasteiger charge is 2.19. The lowest BCUT2D eigenvalue weighted by atomic mass is 10.1. The van der Waals surface area contributed by atoms with Crippen molar-refractivity contribution in [2.24, 2.45) is 0 Å². The molecule has 0 saturated carbocycles. The van der Waals surface area contributed by atoms with Crippen LogP contribution in [0, 0.1) is 0 Å². The molecule has 0 aliphatic carbocycles. The Kier molecular flexibility index (Phi) is 5.43. The van der Waals surface area contributed by atoms with Crippen LogP contribution in [0.5, 0.6) is 0 Å². The molecule has 146 valence electrons. The Bertz CT molecular complexity index is 949. The number of hydrogen-bond donors (Lipinski definition) is 1. The lowest BCUT2D eigenvalue weighted by Crippen LogP contribution is -2.36. The number of amides is 1. The van der Waals surface area contributed by atoms with Gasteiger partial charge in [-0.3, -0.25) is 4.90 Å². The summed E-state index contributed by atoms with van der Waals surface area (Å²) in [5, 5.41) is 0. The molecule has 7 heteroatoms. The maximum atomic E-state index is 12.7. The van der Waals surface area contributed by atoms with Crippen molar-refractivity contribution in [3.63, 3.8) is 0 Å². The molecule has 1 N–H and O–H groups in total. The lowest BCUT2D eigenvalue weighted by Gasteiger charge is -2.29. The third-order valence-electron chi connectivity index (χ3n) is 4.83. The van der Waals surface area contributed by atoms with Gasteiger partial charge in [0.2, 0.25) is 0 Å². The predicted molar refractivity (Wildman–Crippen MR) is 109 cm³/mol. The van der Waals surface area contributed by atoms with E-state index in [9.17, 15) is 4.79 Å². The number of hydrogen-bond acceptors (Lipinski definition) is 5. The van der Waals surface area contributed by atoms with Gasteiger partial charge in [-0.05, 0) is 42.8 Å². The Morgan fingerprint density at radius 2 is 2.11 bits per heavy atom. The Balaban J connectivity index is 1.61. The highest BCUT2D eigenvalue weighted by Crippen LogP contribution is 2.24. The fourth-order valence-corrected chi connectivity index (χ4v) is 3.41. The molecule has 3 aromatic rings. The van der Waals surface area contributed by atoms with Gasteiger partial charge in [-0.15, -0.1) is 0 Å². The summed E-state index contributed by atoms with van der Waals surface area (Å²) in [7, 11) is 0. The second kappa shape index (κ2) is 8.31. The first-order valence-electron chi connectivity index (χ1n) is 9.53. The minimum Gasteiger partial charge on any atom is -0.449 e. The number of carbonyl (C=O) groups is 1. The van der Waals surface area contributed by atoms with Crippen molar-refractivity contribution < 1.29 is 14.3 Å². The molecule has 0 bridgehead atoms. The molecule has 0 radical (unpaired) electrons. The maximum absolute atomic E-state index is 12.7. The van der Waals surface area contributed by atoms with Gasteiger partial charge in [0.25, 0.3) is 0 Å². The molecule has 2 heterocycles. The van der Waals surface area contributed by atoms with Gasteiger partial charge in [0.15, 0.2) is 0 Å². The van der Waals surface area contributed by atoms with E-state index in [0.29, 0.717) is 13.2 Å². The molecule has 4 rings (SSSR count). The second-order valence-electron chi connectivity index (χ2n) is 6.66. The van der Waals surface area contributed by atoms with Crippen LogP contribution in [0.25, 0.3) is 11.0 Å². The third kappa shape index (κ3) is 3.94. The molecular weight excluding hydrogens is 356 g/mol. The average molecular weight is 380 g/mol. The van der Waals surface area contributed by atoms with E-state index in [0.717, 1.165) is 54.3 Å². The van der Waals surface area contributed by atoms with E-state index in [4.69, 9.17) is 9.47 Å². The van der Waals surface area contributed by atoms with E-state index in [2.05, 4.69) is 27.0 Å². The van der Waals surface area contributed by atoms with Crippen molar-refractivity contribution in [2.45, 2.75) is 13.5 Å². The molecule has 2 aromatic carbocycles. The fraction of sp³-hybridized carbons (Fsp3) is 0.333. The van der Waals surface area contributed by atoms with Crippen molar-refractivity contribution in [1.29, 1.82) is 0 Å². The van der Waals surface area contributed by atoms with Crippen LogP contribution in [-0.2, 0) is 16.0 Å². The zero-order chi connectivity index (χ0) is 19.3. The smallest absolute Gasteiger partial charge is 0.414 e. The molecule has 7 nitrogen and oxygen atoms in total. The van der Waals surface area contributed by atoms with Gasteiger partial charge in [-0.2, -0.15) is 0 Å². The van der Waals surface area contributed by atoms with Crippen molar-refractivity contribution in [3.8, 4) is 0 Å². The Morgan fingerprint density at radius 1 is 1.25 bits per heavy atom. The van der Waals surface area contributed by atoms with Crippen LogP contribution in [0.3, 0.4) is 0 Å². The van der Waals surface area contributed by atoms with Crippen molar-refractivity contribution in [1.82, 2.24) is 9.97 Å². The van der Waals surface area contributed by atoms with Gasteiger partial charge in [-0.25, -0.2) is 9.78 Å². The molecule has 1 aromatic heterocycles. The van der Waals surface area contributed by atoms with Gasteiger partial charge >= 0.3 is 6.09 Å². The quantitative estimate of drug-likeness (QED) is 0.733. The monoisotopic (exact) mass is 380 g/mol. The number of H-pyrrole nitrogens is 1. The predicted octanol–water partition coefficient (Wildman–Crippen LogP) is 3.56. The number of ether oxygens (including phenoxy) is 2. The van der Waals surface area contributed by atoms with Gasteiger partial charge in [-0.1, -0.05) is 12.1 Å². The number of nitrogens with one attached hydrogen (secondary N) is 1. The minimum atomic E-state index is -0.363. The zero-order valence-corrected chi connectivity index (χ0v) is 15.9. The number of rotatable bonds is 5. The number of benzene rings is 2. The highest BCUT2D eigenvalue weighted by atomic mass is 16.6. The molecule has 1 aliphatic rings. The SMILES string of the molecule is CCOC(=O)N(Cc1cccc(N2CCOCC2)c1)c1ccc2nc[nH]c2c1. The van der Waals surface area contributed by atoms with E-state index < -0.39 is 0 Å². The van der Waals surface area contributed by atoms with Crippen LogP contribution in [0.1, 0.15) is 12.5 Å². The van der Waals surface area contributed by atoms with E-state index in [-0.39, 0.29) is 6.09 Å². The average Bonchev–Trinajstić information content (AvgIpc) is 3.21. The number of fused-ring (bicyclic) bond motifs is 1. The largest absolute Gasteiger partial charge is 0.449 e. The molecule has 0 unspecified atom stereocenters. The van der Waals surface area contributed by atoms with Crippen LogP contribution in [0.2, 0.25) is 0 Å². The first-order chi connectivity index (χ1) is 13.7. The fourth-order valence-electron chi connectivity index (χ4n) is 3.41. The van der Waals surface area contributed by atoms with E-state index in [1.165, 1.54) is 0 Å². The summed E-state index contributed by atoms with van der Waals surface area (Å²) in [6, 6.07) is 14.0. The summed E-state index contributed by atoms with van der Waals surface area (Å²) in [4.78, 5) is 24.0. The van der Waals surface area contributed by atoms with Crippen LogP contribution in [0.4, 0.5) is 16.2 Å². The van der Waals surface area contributed by atoms with Crippen LogP contribution in [-0.4, -0.2) is 49.0 Å². The number of anilines is 2. The summed E-state index contributed by atoms with van der Waals surface area (Å²) in [6.07, 6.45) is 1.28. The van der Waals surface area contributed by atoms with Crippen LogP contribution >= 0.6 is 0 Å². The summed E-state index contributed by atoms with van der Waals surface area (Å²) in [6.45, 7) is 5.80. The zero-order valence-electron chi connectivity index (χ0n) is 15.9. The summed E-state index contributed by atoms with van der Waals surface area (Å²) in [5.74, 6) is 0. The maximum Gasteiger partial charge on any atom is 0.414 e. The third-order valence-corrected chi connectivity index (χ3v) is 4.83. The van der Waals surface area contributed by atoms with Gasteiger partial charge in [0.1, 0.15) is 0 Å². The Labute approximate surface area is 163 Å². The molecule has 1 amide bonds. The Morgan fingerprint density at radius 3 is 2.93 bits per heavy atom. The number of morpholine rings is 1. The minimum absolute atomic E-state index is 0.329. The van der Waals surface area contributed by atoms with E-state index >= 15 is 0 Å². The molecule has 0 atom stereocenters. The summed E-state index contributed by atoms with van der Waals surface area (Å²) >= 11 is 0. The van der Waals surface area contributed by atoms with E-state index in [1.807, 2.05) is 37.3 Å². The van der Waals surface area contributed by atoms with Gasteiger partial charge in [0, 0.05) is 24.5 Å².